The monoisotopic (exact) mass is 253 g/mol. The van der Waals surface area contributed by atoms with Crippen molar-refractivity contribution in [2.75, 3.05) is 31.1 Å². The maximum absolute atomic E-state index is 11.3. The number of hydrogen-bond donors (Lipinski definition) is 0. The fourth-order valence-corrected chi connectivity index (χ4v) is 3.06. The topological polar surface area (TPSA) is 37.4 Å². The van der Waals surface area contributed by atoms with E-state index in [9.17, 15) is 8.42 Å². The Morgan fingerprint density at radius 2 is 2.20 bits per heavy atom. The van der Waals surface area contributed by atoms with E-state index in [1.807, 2.05) is 0 Å². The van der Waals surface area contributed by atoms with Gasteiger partial charge >= 0.3 is 0 Å². The molecule has 15 heavy (non-hydrogen) atoms. The minimum atomic E-state index is -2.79. The molecule has 1 unspecified atom stereocenters. The minimum absolute atomic E-state index is 0.251. The summed E-state index contributed by atoms with van der Waals surface area (Å²) < 4.78 is 22.5. The van der Waals surface area contributed by atoms with E-state index < -0.39 is 9.84 Å². The summed E-state index contributed by atoms with van der Waals surface area (Å²) in [6, 6.07) is 0. The molecule has 0 amide bonds. The summed E-state index contributed by atoms with van der Waals surface area (Å²) in [4.78, 5) is 2.27. The number of sulfone groups is 1. The molecule has 3 nitrogen and oxygen atoms in total. The highest BCUT2D eigenvalue weighted by molar-refractivity contribution is 7.91. The quantitative estimate of drug-likeness (QED) is 0.697. The number of nitrogens with zero attached hydrogens (tertiary/aromatic N) is 1. The van der Waals surface area contributed by atoms with Gasteiger partial charge in [-0.15, -0.1) is 11.6 Å². The van der Waals surface area contributed by atoms with Gasteiger partial charge in [0, 0.05) is 17.7 Å². The highest BCUT2D eigenvalue weighted by Gasteiger charge is 2.17. The van der Waals surface area contributed by atoms with Crippen LogP contribution in [-0.2, 0) is 9.84 Å². The maximum atomic E-state index is 11.3. The van der Waals surface area contributed by atoms with E-state index in [1.165, 1.54) is 0 Å². The van der Waals surface area contributed by atoms with Gasteiger partial charge in [0.2, 0.25) is 0 Å². The van der Waals surface area contributed by atoms with E-state index >= 15 is 0 Å². The van der Waals surface area contributed by atoms with Gasteiger partial charge < -0.3 is 4.90 Å². The SMILES string of the molecule is CCS(=O)(=O)CCCN1CCCC(Cl)C1. The summed E-state index contributed by atoms with van der Waals surface area (Å²) in [5, 5.41) is 0.251. The number of piperidine rings is 1. The molecule has 0 saturated carbocycles. The molecule has 1 aliphatic heterocycles. The molecule has 0 N–H and O–H groups in total. The number of alkyl halides is 1. The first-order chi connectivity index (χ1) is 7.03. The highest BCUT2D eigenvalue weighted by atomic mass is 35.5. The van der Waals surface area contributed by atoms with Gasteiger partial charge in [-0.2, -0.15) is 0 Å². The zero-order chi connectivity index (χ0) is 11.3. The second kappa shape index (κ2) is 6.06. The van der Waals surface area contributed by atoms with Crippen molar-refractivity contribution in [1.29, 1.82) is 0 Å². The normalized spacial score (nSPS) is 24.3. The molecule has 0 aromatic heterocycles. The minimum Gasteiger partial charge on any atom is -0.302 e. The molecule has 1 atom stereocenters. The molecule has 0 aromatic carbocycles. The van der Waals surface area contributed by atoms with Gasteiger partial charge in [0.25, 0.3) is 0 Å². The smallest absolute Gasteiger partial charge is 0.150 e. The van der Waals surface area contributed by atoms with Gasteiger partial charge in [0.1, 0.15) is 9.84 Å². The Bertz CT molecular complexity index is 279. The molecule has 1 fully saturated rings. The Balaban J connectivity index is 2.20. The lowest BCUT2D eigenvalue weighted by Crippen LogP contribution is -2.37. The average molecular weight is 254 g/mol. The van der Waals surface area contributed by atoms with Gasteiger partial charge in [-0.3, -0.25) is 0 Å². The first kappa shape index (κ1) is 13.3. The van der Waals surface area contributed by atoms with E-state index in [4.69, 9.17) is 11.6 Å². The summed E-state index contributed by atoms with van der Waals surface area (Å²) >= 11 is 6.05. The van der Waals surface area contributed by atoms with Crippen LogP contribution < -0.4 is 0 Å². The van der Waals surface area contributed by atoms with Gasteiger partial charge in [-0.05, 0) is 32.4 Å². The second-order valence-electron chi connectivity index (χ2n) is 4.13. The second-order valence-corrected chi connectivity index (χ2v) is 7.22. The number of halogens is 1. The number of hydrogen-bond acceptors (Lipinski definition) is 3. The predicted molar refractivity (Wildman–Crippen MR) is 64.3 cm³/mol. The lowest BCUT2D eigenvalue weighted by atomic mass is 10.1. The summed E-state index contributed by atoms with van der Waals surface area (Å²) in [6.07, 6.45) is 2.96. The van der Waals surface area contributed by atoms with E-state index in [-0.39, 0.29) is 11.1 Å². The Kier molecular flexibility index (Phi) is 5.36. The van der Waals surface area contributed by atoms with Crippen LogP contribution in [0.5, 0.6) is 0 Å². The van der Waals surface area contributed by atoms with Gasteiger partial charge in [0.05, 0.1) is 5.75 Å². The van der Waals surface area contributed by atoms with Gasteiger partial charge in [-0.25, -0.2) is 8.42 Å². The van der Waals surface area contributed by atoms with Crippen molar-refractivity contribution in [2.45, 2.75) is 31.6 Å². The third-order valence-corrected chi connectivity index (χ3v) is 4.96. The standard InChI is InChI=1S/C10H20ClNO2S/c1-2-15(13,14)8-4-7-12-6-3-5-10(11)9-12/h10H,2-9H2,1H3. The van der Waals surface area contributed by atoms with Crippen molar-refractivity contribution in [1.82, 2.24) is 4.90 Å². The Hall–Kier alpha value is 0.200. The average Bonchev–Trinajstić information content (AvgIpc) is 2.18. The van der Waals surface area contributed by atoms with Crippen LogP contribution in [0, 0.1) is 0 Å². The van der Waals surface area contributed by atoms with Crippen LogP contribution in [0.15, 0.2) is 0 Å². The van der Waals surface area contributed by atoms with Crippen LogP contribution in [0.4, 0.5) is 0 Å². The molecule has 0 aliphatic carbocycles. The molecular formula is C10H20ClNO2S. The van der Waals surface area contributed by atoms with E-state index in [1.54, 1.807) is 6.92 Å². The van der Waals surface area contributed by atoms with E-state index in [0.717, 1.165) is 38.9 Å². The molecule has 0 bridgehead atoms. The summed E-state index contributed by atoms with van der Waals surface area (Å²) in [6.45, 7) is 4.54. The van der Waals surface area contributed by atoms with Crippen LogP contribution in [0.2, 0.25) is 0 Å². The molecule has 5 heteroatoms. The summed E-state index contributed by atoms with van der Waals surface area (Å²) in [5.74, 6) is 0.568. The van der Waals surface area contributed by atoms with Crippen LogP contribution >= 0.6 is 11.6 Å². The van der Waals surface area contributed by atoms with Crippen LogP contribution in [0.3, 0.4) is 0 Å². The van der Waals surface area contributed by atoms with Crippen molar-refractivity contribution >= 4 is 21.4 Å². The lowest BCUT2D eigenvalue weighted by Gasteiger charge is -2.29. The number of likely N-dealkylation sites (tertiary alicyclic amines) is 1. The maximum Gasteiger partial charge on any atom is 0.150 e. The zero-order valence-electron chi connectivity index (χ0n) is 9.28. The van der Waals surface area contributed by atoms with Crippen molar-refractivity contribution in [3.8, 4) is 0 Å². The third-order valence-electron chi connectivity index (χ3n) is 2.82. The molecule has 0 radical (unpaired) electrons. The molecular weight excluding hydrogens is 234 g/mol. The van der Waals surface area contributed by atoms with Crippen molar-refractivity contribution in [2.24, 2.45) is 0 Å². The Labute approximate surface area is 97.7 Å². The molecule has 1 aliphatic rings. The van der Waals surface area contributed by atoms with Crippen molar-refractivity contribution < 1.29 is 8.42 Å². The fourth-order valence-electron chi connectivity index (χ4n) is 1.85. The summed E-state index contributed by atoms with van der Waals surface area (Å²) in [5.41, 5.74) is 0. The fraction of sp³-hybridized carbons (Fsp3) is 1.00. The number of rotatable bonds is 5. The highest BCUT2D eigenvalue weighted by Crippen LogP contribution is 2.15. The first-order valence-electron chi connectivity index (χ1n) is 5.60. The molecule has 1 saturated heterocycles. The Morgan fingerprint density at radius 1 is 1.47 bits per heavy atom. The molecule has 1 rings (SSSR count). The summed E-state index contributed by atoms with van der Waals surface area (Å²) in [7, 11) is -2.79. The Morgan fingerprint density at radius 3 is 2.80 bits per heavy atom. The van der Waals surface area contributed by atoms with Crippen molar-refractivity contribution in [3.05, 3.63) is 0 Å². The van der Waals surface area contributed by atoms with E-state index in [0.29, 0.717) is 5.75 Å². The van der Waals surface area contributed by atoms with Crippen molar-refractivity contribution in [3.63, 3.8) is 0 Å². The lowest BCUT2D eigenvalue weighted by molar-refractivity contribution is 0.233. The molecule has 1 heterocycles. The zero-order valence-corrected chi connectivity index (χ0v) is 10.9. The van der Waals surface area contributed by atoms with Crippen LogP contribution in [0.1, 0.15) is 26.2 Å². The van der Waals surface area contributed by atoms with Crippen LogP contribution in [-0.4, -0.2) is 49.8 Å². The third kappa shape index (κ3) is 5.18. The van der Waals surface area contributed by atoms with Gasteiger partial charge in [0.15, 0.2) is 0 Å². The molecule has 0 aromatic rings. The predicted octanol–water partition coefficient (Wildman–Crippen LogP) is 1.51. The van der Waals surface area contributed by atoms with Gasteiger partial charge in [-0.1, -0.05) is 6.92 Å². The van der Waals surface area contributed by atoms with E-state index in [2.05, 4.69) is 4.90 Å². The first-order valence-corrected chi connectivity index (χ1v) is 7.86. The van der Waals surface area contributed by atoms with Crippen LogP contribution in [0.25, 0.3) is 0 Å². The largest absolute Gasteiger partial charge is 0.302 e. The molecule has 90 valence electrons. The molecule has 0 spiro atoms.